The summed E-state index contributed by atoms with van der Waals surface area (Å²) in [7, 11) is 1.21. The zero-order valence-electron chi connectivity index (χ0n) is 8.59. The van der Waals surface area contributed by atoms with Crippen molar-refractivity contribution in [1.29, 1.82) is 0 Å². The van der Waals surface area contributed by atoms with Crippen LogP contribution in [-0.2, 0) is 13.2 Å². The average Bonchev–Trinajstić information content (AvgIpc) is 2.06. The molecule has 0 spiro atoms. The first-order valence-corrected chi connectivity index (χ1v) is 4.39. The third-order valence-electron chi connectivity index (χ3n) is 2.00. The zero-order valence-corrected chi connectivity index (χ0v) is 8.59. The Morgan fingerprint density at radius 2 is 1.93 bits per heavy atom. The molecule has 0 aliphatic rings. The molecule has 84 valence electrons. The predicted octanol–water partition coefficient (Wildman–Crippen LogP) is 1.92. The molecule has 3 nitrogen and oxygen atoms in total. The van der Waals surface area contributed by atoms with E-state index in [2.05, 4.69) is 5.10 Å². The molecule has 0 fully saturated rings. The van der Waals surface area contributed by atoms with E-state index in [4.69, 9.17) is 0 Å². The number of hydrogen-bond donors (Lipinski definition) is 0. The summed E-state index contributed by atoms with van der Waals surface area (Å²) in [6.45, 7) is 3.33. The topological polar surface area (TPSA) is 34.9 Å². The van der Waals surface area contributed by atoms with Crippen molar-refractivity contribution in [3.8, 4) is 0 Å². The first kappa shape index (κ1) is 11.7. The number of aromatic nitrogens is 2. The Bertz CT molecular complexity index is 420. The van der Waals surface area contributed by atoms with E-state index >= 15 is 0 Å². The highest BCUT2D eigenvalue weighted by molar-refractivity contribution is 5.18. The molecule has 1 rings (SSSR count). The molecule has 0 aromatic carbocycles. The van der Waals surface area contributed by atoms with Crippen molar-refractivity contribution in [2.24, 2.45) is 7.05 Å². The molecule has 0 amide bonds. The summed E-state index contributed by atoms with van der Waals surface area (Å²) in [6, 6.07) is 0.812. The Morgan fingerprint density at radius 3 is 2.33 bits per heavy atom. The van der Waals surface area contributed by atoms with E-state index < -0.39 is 17.4 Å². The van der Waals surface area contributed by atoms with E-state index in [1.807, 2.05) is 0 Å². The largest absolute Gasteiger partial charge is 0.435 e. The minimum absolute atomic E-state index is 0.125. The average molecular weight is 220 g/mol. The number of aryl methyl sites for hydroxylation is 1. The molecule has 0 radical (unpaired) electrons. The predicted molar refractivity (Wildman–Crippen MR) is 48.6 cm³/mol. The van der Waals surface area contributed by atoms with Gasteiger partial charge in [0.15, 0.2) is 5.69 Å². The molecule has 1 heterocycles. The Hall–Kier alpha value is -1.33. The number of halogens is 3. The summed E-state index contributed by atoms with van der Waals surface area (Å²) in [6.07, 6.45) is -4.52. The van der Waals surface area contributed by atoms with Crippen LogP contribution in [0.1, 0.15) is 31.0 Å². The summed E-state index contributed by atoms with van der Waals surface area (Å²) in [5, 5.41) is 3.17. The van der Waals surface area contributed by atoms with E-state index in [1.54, 1.807) is 13.8 Å². The van der Waals surface area contributed by atoms with Crippen LogP contribution in [0.2, 0.25) is 0 Å². The molecule has 0 atom stereocenters. The van der Waals surface area contributed by atoms with Crippen LogP contribution in [0.25, 0.3) is 0 Å². The summed E-state index contributed by atoms with van der Waals surface area (Å²) < 4.78 is 37.8. The summed E-state index contributed by atoms with van der Waals surface area (Å²) in [4.78, 5) is 11.4. The number of hydrogen-bond acceptors (Lipinski definition) is 2. The fraction of sp³-hybridized carbons (Fsp3) is 0.556. The summed E-state index contributed by atoms with van der Waals surface area (Å²) >= 11 is 0. The van der Waals surface area contributed by atoms with E-state index in [1.165, 1.54) is 7.05 Å². The van der Waals surface area contributed by atoms with Crippen molar-refractivity contribution < 1.29 is 13.2 Å². The van der Waals surface area contributed by atoms with Gasteiger partial charge in [-0.1, -0.05) is 13.8 Å². The molecule has 0 saturated heterocycles. The maximum atomic E-state index is 12.4. The molecule has 1 aromatic rings. The SMILES string of the molecule is CC(C)c1cc(C(F)(F)F)nn(C)c1=O. The summed E-state index contributed by atoms with van der Waals surface area (Å²) in [5.41, 5.74) is -1.40. The smallest absolute Gasteiger partial charge is 0.268 e. The van der Waals surface area contributed by atoms with Crippen LogP contribution in [0.3, 0.4) is 0 Å². The van der Waals surface area contributed by atoms with Crippen LogP contribution in [0.4, 0.5) is 13.2 Å². The maximum absolute atomic E-state index is 12.4. The van der Waals surface area contributed by atoms with E-state index in [-0.39, 0.29) is 11.5 Å². The van der Waals surface area contributed by atoms with Gasteiger partial charge in [-0.2, -0.15) is 18.3 Å². The van der Waals surface area contributed by atoms with Crippen molar-refractivity contribution in [1.82, 2.24) is 9.78 Å². The Labute approximate surface area is 84.5 Å². The highest BCUT2D eigenvalue weighted by atomic mass is 19.4. The van der Waals surface area contributed by atoms with Gasteiger partial charge in [-0.25, -0.2) is 4.68 Å². The fourth-order valence-corrected chi connectivity index (χ4v) is 1.18. The molecule has 0 N–H and O–H groups in total. The first-order chi connectivity index (χ1) is 6.73. The lowest BCUT2D eigenvalue weighted by molar-refractivity contribution is -0.142. The van der Waals surface area contributed by atoms with E-state index in [0.717, 1.165) is 10.7 Å². The van der Waals surface area contributed by atoms with Crippen molar-refractivity contribution in [2.45, 2.75) is 25.9 Å². The minimum Gasteiger partial charge on any atom is -0.268 e. The van der Waals surface area contributed by atoms with Crippen molar-refractivity contribution >= 4 is 0 Å². The molecular weight excluding hydrogens is 209 g/mol. The maximum Gasteiger partial charge on any atom is 0.435 e. The fourth-order valence-electron chi connectivity index (χ4n) is 1.18. The van der Waals surface area contributed by atoms with Crippen LogP contribution in [-0.4, -0.2) is 9.78 Å². The molecule has 6 heteroatoms. The van der Waals surface area contributed by atoms with Crippen molar-refractivity contribution in [3.05, 3.63) is 27.7 Å². The molecule has 0 unspecified atom stereocenters. The van der Waals surface area contributed by atoms with Gasteiger partial charge in [-0.3, -0.25) is 4.79 Å². The van der Waals surface area contributed by atoms with Crippen molar-refractivity contribution in [3.63, 3.8) is 0 Å². The second-order valence-electron chi connectivity index (χ2n) is 3.57. The molecule has 1 aromatic heterocycles. The van der Waals surface area contributed by atoms with E-state index in [0.29, 0.717) is 0 Å². The Kier molecular flexibility index (Phi) is 2.88. The molecule has 15 heavy (non-hydrogen) atoms. The van der Waals surface area contributed by atoms with Gasteiger partial charge in [0.2, 0.25) is 0 Å². The van der Waals surface area contributed by atoms with Crippen molar-refractivity contribution in [2.75, 3.05) is 0 Å². The standard InChI is InChI=1S/C9H11F3N2O/c1-5(2)6-4-7(9(10,11)12)13-14(3)8(6)15/h4-5H,1-3H3. The number of rotatable bonds is 1. The van der Waals surface area contributed by atoms with Gasteiger partial charge in [0, 0.05) is 12.6 Å². The van der Waals surface area contributed by atoms with Crippen LogP contribution in [0.15, 0.2) is 10.9 Å². The van der Waals surface area contributed by atoms with Gasteiger partial charge in [0.1, 0.15) is 0 Å². The molecular formula is C9H11F3N2O. The second kappa shape index (κ2) is 3.67. The minimum atomic E-state index is -4.52. The summed E-state index contributed by atoms with van der Waals surface area (Å²) in [5.74, 6) is -0.257. The second-order valence-corrected chi connectivity index (χ2v) is 3.57. The first-order valence-electron chi connectivity index (χ1n) is 4.39. The zero-order chi connectivity index (χ0) is 11.8. The highest BCUT2D eigenvalue weighted by Crippen LogP contribution is 2.27. The third-order valence-corrected chi connectivity index (χ3v) is 2.00. The van der Waals surface area contributed by atoms with Gasteiger partial charge in [-0.15, -0.1) is 0 Å². The van der Waals surface area contributed by atoms with Gasteiger partial charge in [0.25, 0.3) is 5.56 Å². The van der Waals surface area contributed by atoms with E-state index in [9.17, 15) is 18.0 Å². The number of nitrogens with zero attached hydrogens (tertiary/aromatic N) is 2. The lowest BCUT2D eigenvalue weighted by Crippen LogP contribution is -2.27. The quantitative estimate of drug-likeness (QED) is 0.724. The highest BCUT2D eigenvalue weighted by Gasteiger charge is 2.34. The number of alkyl halides is 3. The monoisotopic (exact) mass is 220 g/mol. The van der Waals surface area contributed by atoms with Crippen LogP contribution >= 0.6 is 0 Å². The Balaban J connectivity index is 3.43. The molecule has 0 bridgehead atoms. The van der Waals surface area contributed by atoms with Gasteiger partial charge < -0.3 is 0 Å². The molecule has 0 aliphatic carbocycles. The molecule has 0 saturated carbocycles. The van der Waals surface area contributed by atoms with Gasteiger partial charge in [-0.05, 0) is 12.0 Å². The normalized spacial score (nSPS) is 12.2. The molecule has 0 aliphatic heterocycles. The van der Waals surface area contributed by atoms with Crippen LogP contribution < -0.4 is 5.56 Å². The van der Waals surface area contributed by atoms with Crippen LogP contribution in [0.5, 0.6) is 0 Å². The van der Waals surface area contributed by atoms with Gasteiger partial charge in [0.05, 0.1) is 0 Å². The lowest BCUT2D eigenvalue weighted by atomic mass is 10.1. The Morgan fingerprint density at radius 1 is 1.40 bits per heavy atom. The third kappa shape index (κ3) is 2.37. The lowest BCUT2D eigenvalue weighted by Gasteiger charge is -2.11. The van der Waals surface area contributed by atoms with Crippen LogP contribution in [0, 0.1) is 0 Å². The van der Waals surface area contributed by atoms with Gasteiger partial charge >= 0.3 is 6.18 Å².